The Morgan fingerprint density at radius 2 is 2.05 bits per heavy atom. The molecule has 5 heteroatoms. The normalized spacial score (nSPS) is 9.52. The van der Waals surface area contributed by atoms with Gasteiger partial charge < -0.3 is 14.7 Å². The van der Waals surface area contributed by atoms with E-state index in [1.54, 1.807) is 19.2 Å². The molecule has 0 heterocycles. The number of carbonyl (C=O) groups excluding carboxylic acids is 2. The van der Waals surface area contributed by atoms with E-state index >= 15 is 0 Å². The predicted octanol–water partition coefficient (Wildman–Crippen LogP) is 0.974. The first-order valence-electron chi connectivity index (χ1n) is 6.51. The highest BCUT2D eigenvalue weighted by Crippen LogP contribution is 2.11. The Balaban J connectivity index is 2.86. The molecule has 0 aliphatic heterocycles. The van der Waals surface area contributed by atoms with Gasteiger partial charge in [0.1, 0.15) is 6.61 Å². The molecule has 0 spiro atoms. The molecule has 21 heavy (non-hydrogen) atoms. The maximum Gasteiger partial charge on any atom is 0.307 e. The topological polar surface area (TPSA) is 66.8 Å². The number of aliphatic hydroxyl groups excluding tert-OH is 1. The number of benzene rings is 1. The van der Waals surface area contributed by atoms with Crippen molar-refractivity contribution in [2.75, 3.05) is 27.3 Å². The molecule has 1 N–H and O–H groups in total. The number of aliphatic hydroxyl groups is 1. The Labute approximate surface area is 124 Å². The maximum absolute atomic E-state index is 12.3. The first-order valence-corrected chi connectivity index (χ1v) is 6.51. The zero-order valence-electron chi connectivity index (χ0n) is 12.5. The second-order valence-electron chi connectivity index (χ2n) is 4.60. The van der Waals surface area contributed by atoms with Crippen LogP contribution in [0, 0.1) is 18.8 Å². The molecule has 0 saturated carbocycles. The molecule has 1 aromatic rings. The van der Waals surface area contributed by atoms with Crippen LogP contribution in [0.15, 0.2) is 18.2 Å². The molecular formula is C16H19NO4. The number of methoxy groups -OCH3 is 1. The average Bonchev–Trinajstić information content (AvgIpc) is 2.48. The van der Waals surface area contributed by atoms with Crippen LogP contribution in [-0.2, 0) is 9.53 Å². The Kier molecular flexibility index (Phi) is 6.44. The third-order valence-electron chi connectivity index (χ3n) is 2.86. The lowest BCUT2D eigenvalue weighted by Crippen LogP contribution is -2.29. The second-order valence-corrected chi connectivity index (χ2v) is 4.60. The van der Waals surface area contributed by atoms with Gasteiger partial charge in [0.05, 0.1) is 13.5 Å². The van der Waals surface area contributed by atoms with Crippen molar-refractivity contribution < 1.29 is 19.4 Å². The molecule has 1 amide bonds. The quantitative estimate of drug-likeness (QED) is 0.662. The highest BCUT2D eigenvalue weighted by Gasteiger charge is 2.14. The first kappa shape index (κ1) is 16.7. The van der Waals surface area contributed by atoms with Crippen molar-refractivity contribution in [3.63, 3.8) is 0 Å². The van der Waals surface area contributed by atoms with Gasteiger partial charge in [-0.15, -0.1) is 0 Å². The number of aryl methyl sites for hydroxylation is 1. The molecule has 0 aliphatic carbocycles. The second kappa shape index (κ2) is 8.08. The van der Waals surface area contributed by atoms with Gasteiger partial charge in [0.2, 0.25) is 0 Å². The number of nitrogens with zero attached hydrogens (tertiary/aromatic N) is 1. The summed E-state index contributed by atoms with van der Waals surface area (Å²) in [5, 5.41) is 8.72. The highest BCUT2D eigenvalue weighted by molar-refractivity contribution is 5.94. The van der Waals surface area contributed by atoms with E-state index in [2.05, 4.69) is 16.6 Å². The van der Waals surface area contributed by atoms with E-state index < -0.39 is 0 Å². The van der Waals surface area contributed by atoms with Crippen molar-refractivity contribution in [2.24, 2.45) is 0 Å². The van der Waals surface area contributed by atoms with Crippen LogP contribution in [0.2, 0.25) is 0 Å². The number of amides is 1. The van der Waals surface area contributed by atoms with Gasteiger partial charge in [0, 0.05) is 24.7 Å². The van der Waals surface area contributed by atoms with Crippen molar-refractivity contribution in [3.8, 4) is 11.8 Å². The van der Waals surface area contributed by atoms with Gasteiger partial charge in [-0.25, -0.2) is 0 Å². The number of hydrogen-bond acceptors (Lipinski definition) is 4. The summed E-state index contributed by atoms with van der Waals surface area (Å²) in [6.45, 7) is 1.93. The van der Waals surface area contributed by atoms with Crippen LogP contribution in [0.1, 0.15) is 27.9 Å². The lowest BCUT2D eigenvalue weighted by molar-refractivity contribution is -0.140. The molecule has 0 bridgehead atoms. The third kappa shape index (κ3) is 5.28. The van der Waals surface area contributed by atoms with Gasteiger partial charge >= 0.3 is 5.97 Å². The first-order chi connectivity index (χ1) is 9.97. The van der Waals surface area contributed by atoms with Crippen LogP contribution >= 0.6 is 0 Å². The average molecular weight is 289 g/mol. The number of rotatable bonds is 4. The molecule has 0 unspecified atom stereocenters. The van der Waals surface area contributed by atoms with E-state index in [9.17, 15) is 9.59 Å². The van der Waals surface area contributed by atoms with Gasteiger partial charge in [0.25, 0.3) is 5.91 Å². The SMILES string of the molecule is COC(=O)CCN(C)C(=O)c1cc(C)cc(C#CCO)c1. The summed E-state index contributed by atoms with van der Waals surface area (Å²) in [4.78, 5) is 24.9. The number of hydrogen-bond donors (Lipinski definition) is 1. The third-order valence-corrected chi connectivity index (χ3v) is 2.86. The molecule has 1 rings (SSSR count). The van der Waals surface area contributed by atoms with Gasteiger partial charge in [0.15, 0.2) is 0 Å². The summed E-state index contributed by atoms with van der Waals surface area (Å²) in [6, 6.07) is 5.28. The molecule has 5 nitrogen and oxygen atoms in total. The largest absolute Gasteiger partial charge is 0.469 e. The molecule has 112 valence electrons. The monoisotopic (exact) mass is 289 g/mol. The lowest BCUT2D eigenvalue weighted by atomic mass is 10.1. The fraction of sp³-hybridized carbons (Fsp3) is 0.375. The fourth-order valence-corrected chi connectivity index (χ4v) is 1.80. The van der Waals surface area contributed by atoms with Gasteiger partial charge in [-0.2, -0.15) is 0 Å². The Hall–Kier alpha value is -2.32. The number of esters is 1. The lowest BCUT2D eigenvalue weighted by Gasteiger charge is -2.17. The summed E-state index contributed by atoms with van der Waals surface area (Å²) in [7, 11) is 2.95. The van der Waals surface area contributed by atoms with Crippen molar-refractivity contribution in [2.45, 2.75) is 13.3 Å². The molecule has 1 aromatic carbocycles. The van der Waals surface area contributed by atoms with E-state index in [0.717, 1.165) is 5.56 Å². The Morgan fingerprint density at radius 1 is 1.33 bits per heavy atom. The van der Waals surface area contributed by atoms with E-state index in [4.69, 9.17) is 5.11 Å². The zero-order chi connectivity index (χ0) is 15.8. The summed E-state index contributed by atoms with van der Waals surface area (Å²) >= 11 is 0. The summed E-state index contributed by atoms with van der Waals surface area (Å²) < 4.78 is 4.55. The number of carbonyl (C=O) groups is 2. The fourth-order valence-electron chi connectivity index (χ4n) is 1.80. The molecule has 0 aliphatic rings. The Bertz CT molecular complexity index is 584. The molecule has 0 fully saturated rings. The summed E-state index contributed by atoms with van der Waals surface area (Å²) in [5.41, 5.74) is 2.09. The van der Waals surface area contributed by atoms with Crippen LogP contribution in [0.4, 0.5) is 0 Å². The van der Waals surface area contributed by atoms with Crippen LogP contribution in [0.25, 0.3) is 0 Å². The van der Waals surface area contributed by atoms with Crippen molar-refractivity contribution in [1.82, 2.24) is 4.90 Å². The van der Waals surface area contributed by atoms with Gasteiger partial charge in [-0.05, 0) is 30.7 Å². The minimum atomic E-state index is -0.353. The van der Waals surface area contributed by atoms with Crippen molar-refractivity contribution in [3.05, 3.63) is 34.9 Å². The molecule has 0 saturated heterocycles. The highest BCUT2D eigenvalue weighted by atomic mass is 16.5. The van der Waals surface area contributed by atoms with Gasteiger partial charge in [-0.3, -0.25) is 9.59 Å². The van der Waals surface area contributed by atoms with Crippen molar-refractivity contribution in [1.29, 1.82) is 0 Å². The van der Waals surface area contributed by atoms with E-state index in [-0.39, 0.29) is 31.4 Å². The zero-order valence-corrected chi connectivity index (χ0v) is 12.5. The smallest absolute Gasteiger partial charge is 0.307 e. The van der Waals surface area contributed by atoms with E-state index in [1.165, 1.54) is 12.0 Å². The van der Waals surface area contributed by atoms with E-state index in [0.29, 0.717) is 11.1 Å². The summed E-state index contributed by atoms with van der Waals surface area (Å²) in [6.07, 6.45) is 0.154. The minimum absolute atomic E-state index is 0.154. The van der Waals surface area contributed by atoms with Crippen molar-refractivity contribution >= 4 is 11.9 Å². The standard InChI is InChI=1S/C16H19NO4/c1-12-9-13(5-4-8-18)11-14(10-12)16(20)17(2)7-6-15(19)21-3/h9-11,18H,6-8H2,1-3H3. The van der Waals surface area contributed by atoms with Crippen LogP contribution in [0.3, 0.4) is 0 Å². The predicted molar refractivity (Wildman–Crippen MR) is 78.7 cm³/mol. The molecule has 0 atom stereocenters. The maximum atomic E-state index is 12.3. The van der Waals surface area contributed by atoms with Crippen LogP contribution < -0.4 is 0 Å². The molecule has 0 aromatic heterocycles. The summed E-state index contributed by atoms with van der Waals surface area (Å²) in [5.74, 6) is 4.80. The van der Waals surface area contributed by atoms with Crippen LogP contribution in [0.5, 0.6) is 0 Å². The number of ether oxygens (including phenoxy) is 1. The minimum Gasteiger partial charge on any atom is -0.469 e. The van der Waals surface area contributed by atoms with Gasteiger partial charge in [-0.1, -0.05) is 11.8 Å². The van der Waals surface area contributed by atoms with E-state index in [1.807, 2.05) is 13.0 Å². The molecular weight excluding hydrogens is 270 g/mol. The molecule has 0 radical (unpaired) electrons. The Morgan fingerprint density at radius 3 is 2.67 bits per heavy atom. The van der Waals surface area contributed by atoms with Crippen LogP contribution in [-0.4, -0.2) is 49.2 Å².